The van der Waals surface area contributed by atoms with Crippen LogP contribution in [-0.2, 0) is 13.0 Å². The van der Waals surface area contributed by atoms with Crippen molar-refractivity contribution < 1.29 is 18.8 Å². The lowest BCUT2D eigenvalue weighted by atomic mass is 10.1. The van der Waals surface area contributed by atoms with Gasteiger partial charge in [0.1, 0.15) is 11.6 Å². The summed E-state index contributed by atoms with van der Waals surface area (Å²) < 4.78 is 26.7. The molecule has 0 aromatic heterocycles. The number of halogens is 2. The van der Waals surface area contributed by atoms with Crippen LogP contribution in [0, 0.1) is 11.6 Å². The number of carbonyl (C=O) groups is 1. The van der Waals surface area contributed by atoms with Crippen molar-refractivity contribution in [3.63, 3.8) is 0 Å². The minimum absolute atomic E-state index is 0.338. The SMILES string of the molecule is O=C(NO)c1ccc2c(c1)CCN2Cc1ccc(F)cc1F. The molecule has 2 aromatic carbocycles. The Hall–Kier alpha value is -2.47. The molecular weight excluding hydrogens is 290 g/mol. The lowest BCUT2D eigenvalue weighted by molar-refractivity contribution is 0.0706. The third-order valence-corrected chi connectivity index (χ3v) is 3.81. The van der Waals surface area contributed by atoms with E-state index >= 15 is 0 Å². The lowest BCUT2D eigenvalue weighted by Crippen LogP contribution is -2.21. The first-order valence-electron chi connectivity index (χ1n) is 6.84. The number of hydroxylamine groups is 1. The molecule has 6 heteroatoms. The number of nitrogens with zero attached hydrogens (tertiary/aromatic N) is 1. The van der Waals surface area contributed by atoms with Gasteiger partial charge in [-0.05, 0) is 36.2 Å². The third kappa shape index (κ3) is 2.65. The van der Waals surface area contributed by atoms with Gasteiger partial charge in [0.2, 0.25) is 0 Å². The first kappa shape index (κ1) is 14.5. The van der Waals surface area contributed by atoms with Crippen molar-refractivity contribution >= 4 is 11.6 Å². The van der Waals surface area contributed by atoms with E-state index in [9.17, 15) is 13.6 Å². The van der Waals surface area contributed by atoms with E-state index in [4.69, 9.17) is 5.21 Å². The zero-order valence-electron chi connectivity index (χ0n) is 11.6. The molecule has 0 fully saturated rings. The van der Waals surface area contributed by atoms with Gasteiger partial charge in [0.15, 0.2) is 0 Å². The summed E-state index contributed by atoms with van der Waals surface area (Å²) in [6.45, 7) is 1.03. The third-order valence-electron chi connectivity index (χ3n) is 3.81. The van der Waals surface area contributed by atoms with Crippen LogP contribution in [0.15, 0.2) is 36.4 Å². The fraction of sp³-hybridized carbons (Fsp3) is 0.188. The molecule has 0 radical (unpaired) electrons. The van der Waals surface area contributed by atoms with E-state index in [-0.39, 0.29) is 0 Å². The molecule has 2 N–H and O–H groups in total. The molecular formula is C16H14F2N2O2. The number of benzene rings is 2. The Morgan fingerprint density at radius 1 is 1.23 bits per heavy atom. The monoisotopic (exact) mass is 304 g/mol. The molecule has 1 amide bonds. The highest BCUT2D eigenvalue weighted by Gasteiger charge is 2.21. The van der Waals surface area contributed by atoms with E-state index < -0.39 is 17.5 Å². The van der Waals surface area contributed by atoms with Crippen LogP contribution in [0.5, 0.6) is 0 Å². The maximum absolute atomic E-state index is 13.7. The van der Waals surface area contributed by atoms with Crippen LogP contribution in [0.2, 0.25) is 0 Å². The Bertz CT molecular complexity index is 734. The normalized spacial score (nSPS) is 13.1. The quantitative estimate of drug-likeness (QED) is 0.677. The minimum atomic E-state index is -0.595. The van der Waals surface area contributed by atoms with Crippen molar-refractivity contribution in [2.24, 2.45) is 0 Å². The number of amides is 1. The van der Waals surface area contributed by atoms with Gasteiger partial charge in [-0.15, -0.1) is 0 Å². The zero-order chi connectivity index (χ0) is 15.7. The molecule has 0 spiro atoms. The fourth-order valence-electron chi connectivity index (χ4n) is 2.70. The van der Waals surface area contributed by atoms with Crippen LogP contribution in [0.3, 0.4) is 0 Å². The maximum atomic E-state index is 13.7. The van der Waals surface area contributed by atoms with Gasteiger partial charge in [-0.2, -0.15) is 0 Å². The Morgan fingerprint density at radius 3 is 2.77 bits per heavy atom. The Kier molecular flexibility index (Phi) is 3.77. The molecule has 2 aromatic rings. The smallest absolute Gasteiger partial charge is 0.274 e. The van der Waals surface area contributed by atoms with Gasteiger partial charge < -0.3 is 4.90 Å². The average molecular weight is 304 g/mol. The summed E-state index contributed by atoms with van der Waals surface area (Å²) in [5, 5.41) is 8.65. The van der Waals surface area contributed by atoms with E-state index in [0.717, 1.165) is 23.7 Å². The molecule has 1 heterocycles. The van der Waals surface area contributed by atoms with Crippen LogP contribution in [0.4, 0.5) is 14.5 Å². The first-order chi connectivity index (χ1) is 10.6. The molecule has 0 saturated carbocycles. The number of nitrogens with one attached hydrogen (secondary N) is 1. The first-order valence-corrected chi connectivity index (χ1v) is 6.84. The summed E-state index contributed by atoms with van der Waals surface area (Å²) in [6, 6.07) is 8.64. The summed E-state index contributed by atoms with van der Waals surface area (Å²) in [7, 11) is 0. The Morgan fingerprint density at radius 2 is 2.05 bits per heavy atom. The fourth-order valence-corrected chi connectivity index (χ4v) is 2.70. The van der Waals surface area contributed by atoms with Crippen LogP contribution in [0.25, 0.3) is 0 Å². The summed E-state index contributed by atoms with van der Waals surface area (Å²) in [6.07, 6.45) is 0.727. The summed E-state index contributed by atoms with van der Waals surface area (Å²) in [5.41, 5.74) is 4.27. The van der Waals surface area contributed by atoms with E-state index in [1.807, 2.05) is 4.90 Å². The highest BCUT2D eigenvalue weighted by Crippen LogP contribution is 2.30. The molecule has 1 aliphatic heterocycles. The van der Waals surface area contributed by atoms with Gasteiger partial charge >= 0.3 is 0 Å². The van der Waals surface area contributed by atoms with Gasteiger partial charge in [0.05, 0.1) is 0 Å². The molecule has 0 bridgehead atoms. The molecule has 0 saturated heterocycles. The number of hydrogen-bond acceptors (Lipinski definition) is 3. The predicted octanol–water partition coefficient (Wildman–Crippen LogP) is 2.65. The van der Waals surface area contributed by atoms with Crippen molar-refractivity contribution in [1.29, 1.82) is 0 Å². The minimum Gasteiger partial charge on any atom is -0.367 e. The number of fused-ring (bicyclic) bond motifs is 1. The van der Waals surface area contributed by atoms with E-state index in [1.165, 1.54) is 12.1 Å². The molecule has 4 nitrogen and oxygen atoms in total. The summed E-state index contributed by atoms with van der Waals surface area (Å²) >= 11 is 0. The summed E-state index contributed by atoms with van der Waals surface area (Å²) in [5.74, 6) is -1.72. The number of carbonyl (C=O) groups excluding carboxylic acids is 1. The van der Waals surface area contributed by atoms with Crippen LogP contribution < -0.4 is 10.4 Å². The second kappa shape index (κ2) is 5.73. The molecule has 114 valence electrons. The Labute approximate surface area is 125 Å². The number of hydrogen-bond donors (Lipinski definition) is 2. The zero-order valence-corrected chi connectivity index (χ0v) is 11.6. The lowest BCUT2D eigenvalue weighted by Gasteiger charge is -2.20. The molecule has 22 heavy (non-hydrogen) atoms. The number of rotatable bonds is 3. The largest absolute Gasteiger partial charge is 0.367 e. The number of anilines is 1. The predicted molar refractivity (Wildman–Crippen MR) is 76.8 cm³/mol. The molecule has 0 aliphatic carbocycles. The van der Waals surface area contributed by atoms with Gasteiger partial charge in [-0.1, -0.05) is 6.07 Å². The van der Waals surface area contributed by atoms with E-state index in [1.54, 1.807) is 23.7 Å². The van der Waals surface area contributed by atoms with Gasteiger partial charge in [0.25, 0.3) is 5.91 Å². The van der Waals surface area contributed by atoms with Crippen molar-refractivity contribution in [2.45, 2.75) is 13.0 Å². The van der Waals surface area contributed by atoms with Crippen LogP contribution in [-0.4, -0.2) is 17.7 Å². The van der Waals surface area contributed by atoms with Crippen molar-refractivity contribution in [1.82, 2.24) is 5.48 Å². The topological polar surface area (TPSA) is 52.6 Å². The molecule has 0 atom stereocenters. The van der Waals surface area contributed by atoms with Crippen LogP contribution in [0.1, 0.15) is 21.5 Å². The molecule has 1 aliphatic rings. The van der Waals surface area contributed by atoms with E-state index in [2.05, 4.69) is 0 Å². The molecule has 0 unspecified atom stereocenters. The standard InChI is InChI=1S/C16H14F2N2O2/c17-13-3-1-12(14(18)8-13)9-20-6-5-10-7-11(16(21)19-22)2-4-15(10)20/h1-4,7-8,22H,5-6,9H2,(H,19,21). The second-order valence-electron chi connectivity index (χ2n) is 5.19. The average Bonchev–Trinajstić information content (AvgIpc) is 2.91. The highest BCUT2D eigenvalue weighted by molar-refractivity contribution is 5.94. The van der Waals surface area contributed by atoms with Gasteiger partial charge in [-0.3, -0.25) is 10.0 Å². The Balaban J connectivity index is 1.84. The van der Waals surface area contributed by atoms with Crippen LogP contribution >= 0.6 is 0 Å². The van der Waals surface area contributed by atoms with E-state index in [0.29, 0.717) is 24.2 Å². The maximum Gasteiger partial charge on any atom is 0.274 e. The second-order valence-corrected chi connectivity index (χ2v) is 5.19. The van der Waals surface area contributed by atoms with Crippen molar-refractivity contribution in [3.8, 4) is 0 Å². The van der Waals surface area contributed by atoms with Crippen molar-refractivity contribution in [3.05, 3.63) is 64.7 Å². The van der Waals surface area contributed by atoms with Gasteiger partial charge in [-0.25, -0.2) is 14.3 Å². The van der Waals surface area contributed by atoms with Gasteiger partial charge in [0, 0.05) is 36.0 Å². The highest BCUT2D eigenvalue weighted by atomic mass is 19.1. The van der Waals surface area contributed by atoms with Crippen molar-refractivity contribution in [2.75, 3.05) is 11.4 Å². The molecule has 3 rings (SSSR count). The summed E-state index contributed by atoms with van der Waals surface area (Å²) in [4.78, 5) is 13.4.